The van der Waals surface area contributed by atoms with E-state index in [4.69, 9.17) is 4.52 Å². The van der Waals surface area contributed by atoms with Crippen molar-refractivity contribution in [2.24, 2.45) is 0 Å². The van der Waals surface area contributed by atoms with Crippen LogP contribution in [0.15, 0.2) is 32.3 Å². The molecule has 1 aliphatic rings. The Morgan fingerprint density at radius 3 is 2.69 bits per heavy atom. The van der Waals surface area contributed by atoms with E-state index >= 15 is 0 Å². The zero-order valence-electron chi connectivity index (χ0n) is 16.0. The average Bonchev–Trinajstić information content (AvgIpc) is 3.39. The van der Waals surface area contributed by atoms with Gasteiger partial charge in [0.05, 0.1) is 4.88 Å². The van der Waals surface area contributed by atoms with E-state index in [-0.39, 0.29) is 23.1 Å². The van der Waals surface area contributed by atoms with Crippen LogP contribution in [0.3, 0.4) is 0 Å². The summed E-state index contributed by atoms with van der Waals surface area (Å²) in [7, 11) is -3.72. The van der Waals surface area contributed by atoms with Gasteiger partial charge < -0.3 is 9.42 Å². The van der Waals surface area contributed by atoms with Crippen molar-refractivity contribution in [1.82, 2.24) is 19.3 Å². The lowest BCUT2D eigenvalue weighted by Gasteiger charge is -2.21. The van der Waals surface area contributed by atoms with E-state index in [2.05, 4.69) is 10.1 Å². The molecule has 0 atom stereocenters. The Labute approximate surface area is 176 Å². The summed E-state index contributed by atoms with van der Waals surface area (Å²) in [6, 6.07) is 3.92. The largest absolute Gasteiger partial charge is 0.360 e. The predicted octanol–water partition coefficient (Wildman–Crippen LogP) is 3.01. The SMILES string of the molecule is Cc1noc(C)c1S(=O)(=O)N1CCCN(C(=O)c2csc(-c3cccs3)n2)CC1. The minimum atomic E-state index is -3.72. The first kappa shape index (κ1) is 20.2. The van der Waals surface area contributed by atoms with E-state index in [1.54, 1.807) is 35.5 Å². The summed E-state index contributed by atoms with van der Waals surface area (Å²) in [6.07, 6.45) is 0.552. The fraction of sp³-hybridized carbons (Fsp3) is 0.389. The molecule has 0 spiro atoms. The van der Waals surface area contributed by atoms with Crippen molar-refractivity contribution >= 4 is 38.6 Å². The van der Waals surface area contributed by atoms with Crippen molar-refractivity contribution in [3.05, 3.63) is 40.0 Å². The molecule has 1 fully saturated rings. The molecular weight excluding hydrogens is 432 g/mol. The number of thiazole rings is 1. The zero-order valence-corrected chi connectivity index (χ0v) is 18.4. The number of aryl methyl sites for hydroxylation is 2. The normalized spacial score (nSPS) is 16.1. The number of rotatable bonds is 4. The van der Waals surface area contributed by atoms with Crippen molar-refractivity contribution in [2.45, 2.75) is 25.2 Å². The number of aromatic nitrogens is 2. The Morgan fingerprint density at radius 1 is 1.17 bits per heavy atom. The van der Waals surface area contributed by atoms with Gasteiger partial charge in [0, 0.05) is 31.6 Å². The summed E-state index contributed by atoms with van der Waals surface area (Å²) in [5.74, 6) is 0.115. The van der Waals surface area contributed by atoms with Crippen LogP contribution in [0.4, 0.5) is 0 Å². The maximum Gasteiger partial charge on any atom is 0.273 e. The number of amides is 1. The Morgan fingerprint density at radius 2 is 2.00 bits per heavy atom. The quantitative estimate of drug-likeness (QED) is 0.604. The van der Waals surface area contributed by atoms with Crippen LogP contribution >= 0.6 is 22.7 Å². The second-order valence-corrected chi connectivity index (χ2v) is 10.4. The molecular formula is C18H20N4O4S3. The van der Waals surface area contributed by atoms with Crippen LogP contribution in [0.5, 0.6) is 0 Å². The van der Waals surface area contributed by atoms with E-state index in [1.807, 2.05) is 17.5 Å². The summed E-state index contributed by atoms with van der Waals surface area (Å²) in [6.45, 7) is 4.57. The number of carbonyl (C=O) groups excluding carboxylic acids is 1. The Kier molecular flexibility index (Phi) is 5.56. The van der Waals surface area contributed by atoms with Crippen molar-refractivity contribution in [1.29, 1.82) is 0 Å². The van der Waals surface area contributed by atoms with Gasteiger partial charge in [0.1, 0.15) is 21.3 Å². The summed E-state index contributed by atoms with van der Waals surface area (Å²) in [5, 5.41) is 8.31. The summed E-state index contributed by atoms with van der Waals surface area (Å²) < 4.78 is 32.5. The maximum atomic E-state index is 13.0. The highest BCUT2D eigenvalue weighted by Crippen LogP contribution is 2.29. The van der Waals surface area contributed by atoms with Gasteiger partial charge in [-0.3, -0.25) is 4.79 Å². The highest BCUT2D eigenvalue weighted by Gasteiger charge is 2.33. The van der Waals surface area contributed by atoms with Gasteiger partial charge >= 0.3 is 0 Å². The summed E-state index contributed by atoms with van der Waals surface area (Å²) in [4.78, 5) is 20.2. The second-order valence-electron chi connectivity index (χ2n) is 6.72. The first-order chi connectivity index (χ1) is 13.9. The molecule has 11 heteroatoms. The van der Waals surface area contributed by atoms with E-state index in [0.29, 0.717) is 37.4 Å². The topological polar surface area (TPSA) is 96.6 Å². The minimum absolute atomic E-state index is 0.123. The fourth-order valence-electron chi connectivity index (χ4n) is 3.36. The number of hydrogen-bond donors (Lipinski definition) is 0. The second kappa shape index (κ2) is 7.98. The van der Waals surface area contributed by atoms with Crippen LogP contribution in [0.2, 0.25) is 0 Å². The molecule has 29 heavy (non-hydrogen) atoms. The smallest absolute Gasteiger partial charge is 0.273 e. The molecule has 3 aromatic heterocycles. The molecule has 0 aliphatic carbocycles. The first-order valence-corrected chi connectivity index (χ1v) is 12.3. The van der Waals surface area contributed by atoms with E-state index in [9.17, 15) is 13.2 Å². The van der Waals surface area contributed by atoms with Gasteiger partial charge in [-0.2, -0.15) is 4.31 Å². The lowest BCUT2D eigenvalue weighted by atomic mass is 10.3. The predicted molar refractivity (Wildman–Crippen MR) is 111 cm³/mol. The number of nitrogens with zero attached hydrogens (tertiary/aromatic N) is 4. The molecule has 1 aliphatic heterocycles. The molecule has 0 radical (unpaired) electrons. The van der Waals surface area contributed by atoms with Gasteiger partial charge in [0.2, 0.25) is 10.0 Å². The van der Waals surface area contributed by atoms with Gasteiger partial charge in [0.15, 0.2) is 5.76 Å². The van der Waals surface area contributed by atoms with Crippen LogP contribution in [-0.4, -0.2) is 59.8 Å². The number of sulfonamides is 1. The monoisotopic (exact) mass is 452 g/mol. The lowest BCUT2D eigenvalue weighted by Crippen LogP contribution is -2.37. The number of hydrogen-bond acceptors (Lipinski definition) is 8. The molecule has 1 saturated heterocycles. The molecule has 0 bridgehead atoms. The van der Waals surface area contributed by atoms with Gasteiger partial charge in [-0.1, -0.05) is 11.2 Å². The van der Waals surface area contributed by atoms with Crippen LogP contribution < -0.4 is 0 Å². The Balaban J connectivity index is 1.48. The van der Waals surface area contributed by atoms with Gasteiger partial charge in [-0.05, 0) is 31.7 Å². The molecule has 154 valence electrons. The van der Waals surface area contributed by atoms with Gasteiger partial charge in [0.25, 0.3) is 5.91 Å². The van der Waals surface area contributed by atoms with Crippen molar-refractivity contribution < 1.29 is 17.7 Å². The van der Waals surface area contributed by atoms with E-state index < -0.39 is 10.0 Å². The first-order valence-electron chi connectivity index (χ1n) is 9.09. The molecule has 1 amide bonds. The lowest BCUT2D eigenvalue weighted by molar-refractivity contribution is 0.0759. The molecule has 0 N–H and O–H groups in total. The van der Waals surface area contributed by atoms with Crippen LogP contribution in [0.25, 0.3) is 9.88 Å². The molecule has 0 unspecified atom stereocenters. The third-order valence-corrected chi connectivity index (χ3v) is 8.79. The molecule has 3 aromatic rings. The number of thiophene rings is 1. The van der Waals surface area contributed by atoms with Crippen molar-refractivity contribution in [3.63, 3.8) is 0 Å². The summed E-state index contributed by atoms with van der Waals surface area (Å²) >= 11 is 3.02. The standard InChI is InChI=1S/C18H20N4O4S3/c1-12-16(13(2)26-20-12)29(24,25)22-7-4-6-21(8-9-22)18(23)14-11-28-17(19-14)15-5-3-10-27-15/h3,5,10-11H,4,6-9H2,1-2H3. The zero-order chi connectivity index (χ0) is 20.6. The third kappa shape index (κ3) is 3.87. The molecule has 4 rings (SSSR count). The highest BCUT2D eigenvalue weighted by molar-refractivity contribution is 7.89. The van der Waals surface area contributed by atoms with Gasteiger partial charge in [-0.25, -0.2) is 13.4 Å². The maximum absolute atomic E-state index is 13.0. The molecule has 0 aromatic carbocycles. The van der Waals surface area contributed by atoms with Crippen molar-refractivity contribution in [3.8, 4) is 9.88 Å². The summed E-state index contributed by atoms with van der Waals surface area (Å²) in [5.41, 5.74) is 0.753. The molecule has 0 saturated carbocycles. The Hall–Kier alpha value is -2.08. The third-order valence-electron chi connectivity index (χ3n) is 4.76. The highest BCUT2D eigenvalue weighted by atomic mass is 32.2. The fourth-order valence-corrected chi connectivity index (χ4v) is 6.73. The van der Waals surface area contributed by atoms with E-state index in [1.165, 1.54) is 15.6 Å². The van der Waals surface area contributed by atoms with Gasteiger partial charge in [-0.15, -0.1) is 22.7 Å². The number of carbonyl (C=O) groups is 1. The van der Waals surface area contributed by atoms with Crippen LogP contribution in [0.1, 0.15) is 28.4 Å². The van der Waals surface area contributed by atoms with Crippen LogP contribution in [-0.2, 0) is 10.0 Å². The Bertz CT molecular complexity index is 1100. The van der Waals surface area contributed by atoms with Crippen molar-refractivity contribution in [2.75, 3.05) is 26.2 Å². The van der Waals surface area contributed by atoms with E-state index in [0.717, 1.165) is 9.88 Å². The molecule has 4 heterocycles. The molecule has 8 nitrogen and oxygen atoms in total. The average molecular weight is 453 g/mol. The minimum Gasteiger partial charge on any atom is -0.360 e. The van der Waals surface area contributed by atoms with Crippen LogP contribution in [0, 0.1) is 13.8 Å².